The molecule has 3 heterocycles. The average Bonchev–Trinajstić information content (AvgIpc) is 4.18. The van der Waals surface area contributed by atoms with Crippen molar-refractivity contribution in [1.29, 1.82) is 0 Å². The molecular weight excluding hydrogens is 727 g/mol. The number of aliphatic hydroxyl groups excluding tert-OH is 2. The van der Waals surface area contributed by atoms with Crippen LogP contribution < -0.4 is 18.9 Å². The lowest BCUT2D eigenvalue weighted by Gasteiger charge is -2.60. The summed E-state index contributed by atoms with van der Waals surface area (Å²) in [6.07, 6.45) is 11.1. The van der Waals surface area contributed by atoms with Crippen LogP contribution in [0.3, 0.4) is 0 Å². The van der Waals surface area contributed by atoms with Crippen LogP contribution in [0.4, 0.5) is 0 Å². The van der Waals surface area contributed by atoms with E-state index in [1.165, 1.54) is 0 Å². The molecule has 2 aromatic rings. The molecule has 1 saturated heterocycles. The van der Waals surface area contributed by atoms with Crippen molar-refractivity contribution in [2.45, 2.75) is 89.0 Å². The molecular formula is C45H59N3O9. The summed E-state index contributed by atoms with van der Waals surface area (Å²) in [5.41, 5.74) is 3.80. The molecule has 0 spiro atoms. The lowest BCUT2D eigenvalue weighted by Crippen LogP contribution is -2.70. The van der Waals surface area contributed by atoms with Crippen LogP contribution in [0.5, 0.6) is 23.0 Å². The molecule has 308 valence electrons. The van der Waals surface area contributed by atoms with Crippen LogP contribution in [0.25, 0.3) is 0 Å². The van der Waals surface area contributed by atoms with E-state index in [0.717, 1.165) is 98.5 Å². The van der Waals surface area contributed by atoms with Crippen molar-refractivity contribution in [3.8, 4) is 23.0 Å². The molecule has 3 fully saturated rings. The molecule has 0 unspecified atom stereocenters. The third-order valence-corrected chi connectivity index (χ3v) is 12.5. The molecule has 8 rings (SSSR count). The summed E-state index contributed by atoms with van der Waals surface area (Å²) in [5, 5.41) is 24.6. The minimum absolute atomic E-state index is 0.0701. The van der Waals surface area contributed by atoms with Gasteiger partial charge in [-0.2, -0.15) is 0 Å². The van der Waals surface area contributed by atoms with Crippen molar-refractivity contribution in [2.75, 3.05) is 59.5 Å². The van der Waals surface area contributed by atoms with Gasteiger partial charge in [0.05, 0.1) is 18.2 Å². The van der Waals surface area contributed by atoms with E-state index >= 15 is 0 Å². The number of unbranched alkanes of at least 4 members (excludes halogenated alkanes) is 2. The first kappa shape index (κ1) is 39.7. The van der Waals surface area contributed by atoms with Crippen molar-refractivity contribution in [3.63, 3.8) is 0 Å². The number of hydrogen-bond donors (Lipinski definition) is 2. The van der Waals surface area contributed by atoms with E-state index in [4.69, 9.17) is 33.7 Å². The van der Waals surface area contributed by atoms with Gasteiger partial charge in [0.2, 0.25) is 18.5 Å². The molecule has 0 aromatic heterocycles. The van der Waals surface area contributed by atoms with Crippen molar-refractivity contribution in [2.24, 2.45) is 28.8 Å². The zero-order chi connectivity index (χ0) is 39.4. The summed E-state index contributed by atoms with van der Waals surface area (Å²) in [6.45, 7) is 11.1. The molecule has 57 heavy (non-hydrogen) atoms. The van der Waals surface area contributed by atoms with Gasteiger partial charge in [-0.1, -0.05) is 36.2 Å². The van der Waals surface area contributed by atoms with Crippen LogP contribution in [0.1, 0.15) is 81.8 Å². The first-order chi connectivity index (χ1) is 28.0. The molecule has 3 aliphatic carbocycles. The highest BCUT2D eigenvalue weighted by Crippen LogP contribution is 2.62. The van der Waals surface area contributed by atoms with E-state index in [1.807, 2.05) is 42.2 Å². The minimum Gasteiger partial charge on any atom is -0.492 e. The quantitative estimate of drug-likeness (QED) is 0.0653. The smallest absolute Gasteiger partial charge is 0.239 e. The van der Waals surface area contributed by atoms with Crippen LogP contribution in [0, 0.1) is 23.7 Å². The SMILES string of the molecule is C=CCO[C@@]12Oc3ccc(OCCN4CC4)cc3[C@H]3[C@H](CCCCO)[C@@H](CCCCO)C=C(C(=NOCC)C[C@@H]1N(Cc1ccc4c(c1)OCO4)C(=O)C1CC1)[C@H]32. The standard InChI is InChI=1S/C45H59N3O9/c1-3-22-55-45-41(48(44(51)31-12-13-31)28-30-11-15-39-40(24-30)54-29-53-39)27-37(46-56-4-2)35-25-32(9-5-7-20-49)34(10-6-8-21-50)42(43(35)45)36-26-33(14-16-38(36)57-45)52-23-19-47-17-18-47/h3,11,14-16,24-26,31-32,34,41-43,49-50H,1,4-10,12-13,17-23,27-29H2,2H3/t32-,34+,41-,42+,43+,45+/m0/s1. The molecule has 3 aliphatic heterocycles. The number of amides is 1. The molecule has 0 radical (unpaired) electrons. The molecule has 0 bridgehead atoms. The number of benzene rings is 2. The summed E-state index contributed by atoms with van der Waals surface area (Å²) < 4.78 is 32.3. The van der Waals surface area contributed by atoms with Gasteiger partial charge in [-0.3, -0.25) is 9.69 Å². The highest BCUT2D eigenvalue weighted by molar-refractivity contribution is 6.03. The number of hydrogen-bond acceptors (Lipinski definition) is 11. The Hall–Kier alpha value is -4.10. The predicted octanol–water partition coefficient (Wildman–Crippen LogP) is 6.20. The molecule has 2 saturated carbocycles. The lowest BCUT2D eigenvalue weighted by atomic mass is 9.55. The normalized spacial score (nSPS) is 27.5. The number of carbonyl (C=O) groups excluding carboxylic acids is 1. The van der Waals surface area contributed by atoms with E-state index in [9.17, 15) is 15.0 Å². The molecule has 12 nitrogen and oxygen atoms in total. The van der Waals surface area contributed by atoms with Gasteiger partial charge in [0.25, 0.3) is 0 Å². The van der Waals surface area contributed by atoms with E-state index < -0.39 is 11.8 Å². The van der Waals surface area contributed by atoms with Gasteiger partial charge in [-0.25, -0.2) is 0 Å². The van der Waals surface area contributed by atoms with Crippen LogP contribution >= 0.6 is 0 Å². The molecule has 2 aromatic carbocycles. The van der Waals surface area contributed by atoms with E-state index in [1.54, 1.807) is 6.08 Å². The zero-order valence-corrected chi connectivity index (χ0v) is 33.3. The third kappa shape index (κ3) is 8.42. The van der Waals surface area contributed by atoms with Gasteiger partial charge < -0.3 is 43.6 Å². The van der Waals surface area contributed by atoms with Crippen LogP contribution in [0.15, 0.2) is 65.9 Å². The van der Waals surface area contributed by atoms with E-state index in [-0.39, 0.29) is 62.1 Å². The first-order valence-electron chi connectivity index (χ1n) is 21.2. The number of nitrogens with zero attached hydrogens (tertiary/aromatic N) is 3. The fraction of sp³-hybridized carbons (Fsp3) is 0.600. The Morgan fingerprint density at radius 3 is 2.58 bits per heavy atom. The molecule has 6 aliphatic rings. The fourth-order valence-corrected chi connectivity index (χ4v) is 9.61. The number of aliphatic hydroxyl groups is 2. The lowest BCUT2D eigenvalue weighted by molar-refractivity contribution is -0.258. The zero-order valence-electron chi connectivity index (χ0n) is 33.3. The summed E-state index contributed by atoms with van der Waals surface area (Å²) in [5.74, 6) is 1.38. The molecule has 2 N–H and O–H groups in total. The maximum atomic E-state index is 14.8. The topological polar surface area (TPSA) is 132 Å². The molecule has 6 atom stereocenters. The molecule has 1 amide bonds. The Labute approximate surface area is 336 Å². The number of carbonyl (C=O) groups is 1. The molecule has 12 heteroatoms. The minimum atomic E-state index is -1.31. The van der Waals surface area contributed by atoms with Gasteiger partial charge >= 0.3 is 0 Å². The maximum Gasteiger partial charge on any atom is 0.239 e. The maximum absolute atomic E-state index is 14.8. The number of rotatable bonds is 21. The van der Waals surface area contributed by atoms with Gasteiger partial charge in [-0.15, -0.1) is 6.58 Å². The van der Waals surface area contributed by atoms with E-state index in [2.05, 4.69) is 23.6 Å². The summed E-state index contributed by atoms with van der Waals surface area (Å²) in [6, 6.07) is 11.5. The fourth-order valence-electron chi connectivity index (χ4n) is 9.61. The van der Waals surface area contributed by atoms with Gasteiger partial charge in [-0.05, 0) is 98.8 Å². The summed E-state index contributed by atoms with van der Waals surface area (Å²) in [4.78, 5) is 25.0. The Morgan fingerprint density at radius 1 is 1.04 bits per heavy atom. The van der Waals surface area contributed by atoms with Crippen molar-refractivity contribution >= 4 is 11.6 Å². The largest absolute Gasteiger partial charge is 0.492 e. The highest BCUT2D eigenvalue weighted by atomic mass is 16.7. The summed E-state index contributed by atoms with van der Waals surface area (Å²) >= 11 is 0. The Bertz CT molecular complexity index is 1810. The predicted molar refractivity (Wildman–Crippen MR) is 214 cm³/mol. The van der Waals surface area contributed by atoms with Crippen molar-refractivity contribution < 1.29 is 43.5 Å². The van der Waals surface area contributed by atoms with Crippen molar-refractivity contribution in [1.82, 2.24) is 9.80 Å². The third-order valence-electron chi connectivity index (χ3n) is 12.5. The highest BCUT2D eigenvalue weighted by Gasteiger charge is 2.66. The second-order valence-electron chi connectivity index (χ2n) is 16.3. The Balaban J connectivity index is 1.29. The Morgan fingerprint density at radius 2 is 1.82 bits per heavy atom. The van der Waals surface area contributed by atoms with Crippen molar-refractivity contribution in [3.05, 3.63) is 71.8 Å². The van der Waals surface area contributed by atoms with E-state index in [0.29, 0.717) is 44.1 Å². The monoisotopic (exact) mass is 785 g/mol. The number of oxime groups is 1. The van der Waals surface area contributed by atoms with Crippen LogP contribution in [-0.4, -0.2) is 103 Å². The van der Waals surface area contributed by atoms with Gasteiger partial charge in [0.1, 0.15) is 30.8 Å². The second kappa shape index (κ2) is 17.8. The number of allylic oxidation sites excluding steroid dienone is 1. The Kier molecular flexibility index (Phi) is 12.4. The first-order valence-corrected chi connectivity index (χ1v) is 21.2. The number of ether oxygens (including phenoxy) is 5. The van der Waals surface area contributed by atoms with Gasteiger partial charge in [0, 0.05) is 63.2 Å². The number of fused-ring (bicyclic) bond motifs is 3. The van der Waals surface area contributed by atoms with Crippen LogP contribution in [0.2, 0.25) is 0 Å². The second-order valence-corrected chi connectivity index (χ2v) is 16.3. The average molecular weight is 786 g/mol. The summed E-state index contributed by atoms with van der Waals surface area (Å²) in [7, 11) is 0. The van der Waals surface area contributed by atoms with Gasteiger partial charge in [0.15, 0.2) is 11.5 Å². The van der Waals surface area contributed by atoms with Crippen LogP contribution in [-0.2, 0) is 20.9 Å².